The van der Waals surface area contributed by atoms with Gasteiger partial charge in [0.1, 0.15) is 0 Å². The fourth-order valence-electron chi connectivity index (χ4n) is 3.10. The van der Waals surface area contributed by atoms with Gasteiger partial charge in [-0.15, -0.1) is 10.2 Å². The van der Waals surface area contributed by atoms with Gasteiger partial charge >= 0.3 is 5.97 Å². The van der Waals surface area contributed by atoms with Crippen molar-refractivity contribution in [3.8, 4) is 11.5 Å². The Morgan fingerprint density at radius 2 is 1.96 bits per heavy atom. The van der Waals surface area contributed by atoms with Crippen LogP contribution in [-0.4, -0.2) is 28.6 Å². The minimum absolute atomic E-state index is 0.0678. The van der Waals surface area contributed by atoms with Crippen molar-refractivity contribution in [3.63, 3.8) is 0 Å². The van der Waals surface area contributed by atoms with Crippen LogP contribution in [0.25, 0.3) is 11.5 Å². The number of anilines is 1. The van der Waals surface area contributed by atoms with Crippen molar-refractivity contribution >= 4 is 17.6 Å². The largest absolute Gasteiger partial charge is 0.449 e. The molecule has 0 N–H and O–H groups in total. The van der Waals surface area contributed by atoms with Gasteiger partial charge in [-0.2, -0.15) is 0 Å². The molecule has 1 saturated heterocycles. The van der Waals surface area contributed by atoms with Crippen LogP contribution in [0.5, 0.6) is 0 Å². The lowest BCUT2D eigenvalue weighted by Gasteiger charge is -2.16. The van der Waals surface area contributed by atoms with E-state index in [4.69, 9.17) is 9.15 Å². The summed E-state index contributed by atoms with van der Waals surface area (Å²) in [5.74, 6) is 0.143. The highest BCUT2D eigenvalue weighted by Gasteiger charge is 2.24. The maximum absolute atomic E-state index is 12.5. The van der Waals surface area contributed by atoms with Crippen molar-refractivity contribution in [1.82, 2.24) is 10.2 Å². The second-order valence-electron chi connectivity index (χ2n) is 6.56. The van der Waals surface area contributed by atoms with E-state index in [0.29, 0.717) is 30.1 Å². The SMILES string of the molecule is C[C@H](OC(=O)c1cccc(N2CCCC2=O)c1)c1nnc(-c2ccccc2)o1. The highest BCUT2D eigenvalue weighted by atomic mass is 16.6. The van der Waals surface area contributed by atoms with Gasteiger partial charge < -0.3 is 14.1 Å². The highest BCUT2D eigenvalue weighted by Crippen LogP contribution is 2.25. The quantitative estimate of drug-likeness (QED) is 0.629. The number of hydrogen-bond acceptors (Lipinski definition) is 6. The van der Waals surface area contributed by atoms with Gasteiger partial charge in [0.05, 0.1) is 5.56 Å². The van der Waals surface area contributed by atoms with Crippen LogP contribution in [0.4, 0.5) is 5.69 Å². The molecule has 1 atom stereocenters. The van der Waals surface area contributed by atoms with Crippen molar-refractivity contribution in [2.24, 2.45) is 0 Å². The van der Waals surface area contributed by atoms with Gasteiger partial charge in [-0.3, -0.25) is 4.79 Å². The Labute approximate surface area is 161 Å². The Bertz CT molecular complexity index is 1000. The molecule has 1 aliphatic heterocycles. The normalized spacial score (nSPS) is 14.9. The van der Waals surface area contributed by atoms with Gasteiger partial charge in [-0.1, -0.05) is 24.3 Å². The first-order chi connectivity index (χ1) is 13.6. The Kier molecular flexibility index (Phi) is 4.89. The molecule has 2 aromatic carbocycles. The van der Waals surface area contributed by atoms with Gasteiger partial charge in [-0.25, -0.2) is 4.79 Å². The molecular weight excluding hydrogens is 358 g/mol. The van der Waals surface area contributed by atoms with E-state index in [1.165, 1.54) is 0 Å². The molecule has 0 radical (unpaired) electrons. The second kappa shape index (κ2) is 7.64. The van der Waals surface area contributed by atoms with Crippen LogP contribution in [-0.2, 0) is 9.53 Å². The van der Waals surface area contributed by atoms with Crippen LogP contribution in [0.2, 0.25) is 0 Å². The van der Waals surface area contributed by atoms with E-state index in [9.17, 15) is 9.59 Å². The van der Waals surface area contributed by atoms with Gasteiger partial charge in [0.25, 0.3) is 5.89 Å². The third-order valence-corrected chi connectivity index (χ3v) is 4.56. The van der Waals surface area contributed by atoms with E-state index >= 15 is 0 Å². The molecule has 1 aliphatic rings. The zero-order valence-corrected chi connectivity index (χ0v) is 15.4. The van der Waals surface area contributed by atoms with Crippen LogP contribution in [0.15, 0.2) is 59.0 Å². The lowest BCUT2D eigenvalue weighted by molar-refractivity contribution is -0.117. The summed E-state index contributed by atoms with van der Waals surface area (Å²) in [6, 6.07) is 16.2. The molecule has 3 aromatic rings. The summed E-state index contributed by atoms with van der Waals surface area (Å²) in [7, 11) is 0. The smallest absolute Gasteiger partial charge is 0.338 e. The fourth-order valence-corrected chi connectivity index (χ4v) is 3.10. The number of rotatable bonds is 5. The number of aromatic nitrogens is 2. The molecule has 142 valence electrons. The number of hydrogen-bond donors (Lipinski definition) is 0. The number of carbonyl (C=O) groups excluding carboxylic acids is 2. The maximum atomic E-state index is 12.5. The van der Waals surface area contributed by atoms with Crippen LogP contribution in [0, 0.1) is 0 Å². The van der Waals surface area contributed by atoms with E-state index in [1.807, 2.05) is 36.4 Å². The first-order valence-electron chi connectivity index (χ1n) is 9.12. The second-order valence-corrected chi connectivity index (χ2v) is 6.56. The molecule has 28 heavy (non-hydrogen) atoms. The van der Waals surface area contributed by atoms with Crippen molar-refractivity contribution < 1.29 is 18.7 Å². The van der Waals surface area contributed by atoms with E-state index in [2.05, 4.69) is 10.2 Å². The van der Waals surface area contributed by atoms with E-state index < -0.39 is 12.1 Å². The number of nitrogens with zero attached hydrogens (tertiary/aromatic N) is 3. The zero-order valence-electron chi connectivity index (χ0n) is 15.4. The Hall–Kier alpha value is -3.48. The summed E-state index contributed by atoms with van der Waals surface area (Å²) in [6.45, 7) is 2.34. The zero-order chi connectivity index (χ0) is 19.5. The van der Waals surface area contributed by atoms with Gasteiger partial charge in [0, 0.05) is 24.2 Å². The lowest BCUT2D eigenvalue weighted by Crippen LogP contribution is -2.24. The fraction of sp³-hybridized carbons (Fsp3) is 0.238. The lowest BCUT2D eigenvalue weighted by atomic mass is 10.2. The summed E-state index contributed by atoms with van der Waals surface area (Å²) in [5, 5.41) is 7.99. The van der Waals surface area contributed by atoms with Crippen LogP contribution in [0.1, 0.15) is 42.1 Å². The Morgan fingerprint density at radius 1 is 1.14 bits per heavy atom. The van der Waals surface area contributed by atoms with E-state index in [1.54, 1.807) is 30.0 Å². The molecule has 0 bridgehead atoms. The summed E-state index contributed by atoms with van der Waals surface area (Å²) in [6.07, 6.45) is 0.660. The number of carbonyl (C=O) groups is 2. The first-order valence-corrected chi connectivity index (χ1v) is 9.12. The minimum atomic E-state index is -0.700. The van der Waals surface area contributed by atoms with Gasteiger partial charge in [-0.05, 0) is 43.7 Å². The van der Waals surface area contributed by atoms with Crippen molar-refractivity contribution in [2.75, 3.05) is 11.4 Å². The minimum Gasteiger partial charge on any atom is -0.449 e. The molecule has 0 saturated carbocycles. The third-order valence-electron chi connectivity index (χ3n) is 4.56. The Morgan fingerprint density at radius 3 is 2.71 bits per heavy atom. The average Bonchev–Trinajstić information content (AvgIpc) is 3.38. The molecule has 0 unspecified atom stereocenters. The molecule has 1 aromatic heterocycles. The first kappa shape index (κ1) is 17.9. The number of ether oxygens (including phenoxy) is 1. The van der Waals surface area contributed by atoms with E-state index in [-0.39, 0.29) is 11.8 Å². The predicted octanol–water partition coefficient (Wildman–Crippen LogP) is 3.78. The number of benzene rings is 2. The number of amides is 1. The molecule has 0 spiro atoms. The molecule has 1 fully saturated rings. The summed E-state index contributed by atoms with van der Waals surface area (Å²) in [4.78, 5) is 26.1. The monoisotopic (exact) mass is 377 g/mol. The third kappa shape index (κ3) is 3.64. The topological polar surface area (TPSA) is 85.5 Å². The van der Waals surface area contributed by atoms with Crippen molar-refractivity contribution in [3.05, 3.63) is 66.1 Å². The molecule has 2 heterocycles. The van der Waals surface area contributed by atoms with Crippen LogP contribution < -0.4 is 4.90 Å². The maximum Gasteiger partial charge on any atom is 0.338 e. The molecule has 4 rings (SSSR count). The van der Waals surface area contributed by atoms with Crippen LogP contribution in [0.3, 0.4) is 0 Å². The molecule has 7 nitrogen and oxygen atoms in total. The van der Waals surface area contributed by atoms with Crippen molar-refractivity contribution in [2.45, 2.75) is 25.9 Å². The number of esters is 1. The standard InChI is InChI=1S/C21H19N3O4/c1-14(19-22-23-20(28-19)15-7-3-2-4-8-15)27-21(26)16-9-5-10-17(13-16)24-12-6-11-18(24)25/h2-5,7-10,13-14H,6,11-12H2,1H3/t14-/m0/s1. The van der Waals surface area contributed by atoms with Gasteiger partial charge in [0.15, 0.2) is 6.10 Å². The summed E-state index contributed by atoms with van der Waals surface area (Å²) < 4.78 is 11.1. The van der Waals surface area contributed by atoms with Crippen molar-refractivity contribution in [1.29, 1.82) is 0 Å². The highest BCUT2D eigenvalue weighted by molar-refractivity contribution is 5.97. The summed E-state index contributed by atoms with van der Waals surface area (Å²) in [5.41, 5.74) is 1.86. The molecular formula is C21H19N3O4. The van der Waals surface area contributed by atoms with Crippen LogP contribution >= 0.6 is 0 Å². The average molecular weight is 377 g/mol. The Balaban J connectivity index is 1.46. The predicted molar refractivity (Wildman–Crippen MR) is 102 cm³/mol. The summed E-state index contributed by atoms with van der Waals surface area (Å²) >= 11 is 0. The van der Waals surface area contributed by atoms with Gasteiger partial charge in [0.2, 0.25) is 11.8 Å². The molecule has 0 aliphatic carbocycles. The van der Waals surface area contributed by atoms with E-state index in [0.717, 1.165) is 12.0 Å². The molecule has 7 heteroatoms. The molecule has 1 amide bonds.